The topological polar surface area (TPSA) is 98.7 Å². The van der Waals surface area contributed by atoms with E-state index in [2.05, 4.69) is 20.3 Å². The summed E-state index contributed by atoms with van der Waals surface area (Å²) in [4.78, 5) is 19.4. The van der Waals surface area contributed by atoms with Crippen molar-refractivity contribution < 1.29 is 9.90 Å². The molecule has 1 N–H and O–H groups in total. The number of aromatic nitrogens is 6. The first-order chi connectivity index (χ1) is 11.7. The number of hydrogen-bond acceptors (Lipinski definition) is 5. The molecule has 0 radical (unpaired) electrons. The summed E-state index contributed by atoms with van der Waals surface area (Å²) in [7, 11) is 0. The van der Waals surface area contributed by atoms with Crippen molar-refractivity contribution in [2.24, 2.45) is 0 Å². The zero-order chi connectivity index (χ0) is 16.5. The van der Waals surface area contributed by atoms with Gasteiger partial charge in [-0.3, -0.25) is 0 Å². The second-order valence-corrected chi connectivity index (χ2v) is 5.24. The minimum Gasteiger partial charge on any atom is -0.464 e. The van der Waals surface area contributed by atoms with Crippen LogP contribution in [-0.4, -0.2) is 40.7 Å². The molecule has 24 heavy (non-hydrogen) atoms. The molecule has 0 saturated heterocycles. The zero-order valence-electron chi connectivity index (χ0n) is 12.4. The fraction of sp³-hybridized carbons (Fsp3) is 0.0625. The summed E-state index contributed by atoms with van der Waals surface area (Å²) >= 11 is 0. The molecular formula is C16H12N6O2. The molecule has 118 valence electrons. The van der Waals surface area contributed by atoms with Crippen molar-refractivity contribution in [2.45, 2.75) is 6.54 Å². The third-order valence-corrected chi connectivity index (χ3v) is 3.68. The molecule has 0 aliphatic rings. The number of rotatable bonds is 3. The van der Waals surface area contributed by atoms with Gasteiger partial charge < -0.3 is 5.11 Å². The molecule has 0 bridgehead atoms. The number of hydrogen-bond donors (Lipinski definition) is 1. The molecule has 0 aliphatic heterocycles. The quantitative estimate of drug-likeness (QED) is 0.621. The van der Waals surface area contributed by atoms with Crippen molar-refractivity contribution in [3.05, 3.63) is 60.8 Å². The highest BCUT2D eigenvalue weighted by Crippen LogP contribution is 2.27. The van der Waals surface area contributed by atoms with Gasteiger partial charge in [-0.1, -0.05) is 35.5 Å². The van der Waals surface area contributed by atoms with E-state index in [0.717, 1.165) is 10.1 Å². The Bertz CT molecular complexity index is 1020. The van der Waals surface area contributed by atoms with E-state index in [9.17, 15) is 9.90 Å². The smallest absolute Gasteiger partial charge is 0.417 e. The van der Waals surface area contributed by atoms with Crippen LogP contribution >= 0.6 is 0 Å². The Morgan fingerprint density at radius 1 is 1.17 bits per heavy atom. The van der Waals surface area contributed by atoms with Crippen molar-refractivity contribution in [1.82, 2.24) is 29.5 Å². The average molecular weight is 320 g/mol. The highest BCUT2D eigenvalue weighted by atomic mass is 16.4. The zero-order valence-corrected chi connectivity index (χ0v) is 12.4. The normalized spacial score (nSPS) is 11.0. The molecule has 0 saturated carbocycles. The number of carboxylic acid groups (broad SMARTS) is 1. The summed E-state index contributed by atoms with van der Waals surface area (Å²) in [5, 5.41) is 18.2. The minimum absolute atomic E-state index is 0.324. The lowest BCUT2D eigenvalue weighted by atomic mass is 10.2. The third kappa shape index (κ3) is 2.39. The van der Waals surface area contributed by atoms with Crippen LogP contribution in [0.5, 0.6) is 0 Å². The maximum Gasteiger partial charge on any atom is 0.417 e. The predicted molar refractivity (Wildman–Crippen MR) is 85.5 cm³/mol. The van der Waals surface area contributed by atoms with Crippen LogP contribution in [0.1, 0.15) is 5.56 Å². The molecule has 0 aliphatic carbocycles. The second-order valence-electron chi connectivity index (χ2n) is 5.24. The Kier molecular flexibility index (Phi) is 3.27. The molecule has 3 heterocycles. The molecule has 0 spiro atoms. The van der Waals surface area contributed by atoms with Crippen LogP contribution in [-0.2, 0) is 6.54 Å². The lowest BCUT2D eigenvalue weighted by Gasteiger charge is -1.99. The van der Waals surface area contributed by atoms with E-state index in [4.69, 9.17) is 0 Å². The van der Waals surface area contributed by atoms with E-state index in [0.29, 0.717) is 28.8 Å². The predicted octanol–water partition coefficient (Wildman–Crippen LogP) is 2.26. The Balaban J connectivity index is 1.75. The van der Waals surface area contributed by atoms with Crippen LogP contribution in [0, 0.1) is 0 Å². The lowest BCUT2D eigenvalue weighted by molar-refractivity contribution is 0.197. The van der Waals surface area contributed by atoms with Gasteiger partial charge in [-0.2, -0.15) is 0 Å². The van der Waals surface area contributed by atoms with Crippen molar-refractivity contribution in [3.8, 4) is 11.3 Å². The largest absolute Gasteiger partial charge is 0.464 e. The maximum atomic E-state index is 11.4. The van der Waals surface area contributed by atoms with Crippen LogP contribution in [0.25, 0.3) is 22.3 Å². The SMILES string of the molecule is O=C(O)n1cc(-c2cn(Cc3ccccc3)nn2)c2cncnc21. The molecule has 1 aromatic carbocycles. The van der Waals surface area contributed by atoms with Gasteiger partial charge in [0.25, 0.3) is 0 Å². The first-order valence-electron chi connectivity index (χ1n) is 7.21. The summed E-state index contributed by atoms with van der Waals surface area (Å²) in [5.74, 6) is 0. The second kappa shape index (κ2) is 5.58. The van der Waals surface area contributed by atoms with Crippen molar-refractivity contribution in [3.63, 3.8) is 0 Å². The van der Waals surface area contributed by atoms with Gasteiger partial charge in [0.2, 0.25) is 0 Å². The Morgan fingerprint density at radius 2 is 2.00 bits per heavy atom. The van der Waals surface area contributed by atoms with Gasteiger partial charge in [0, 0.05) is 23.3 Å². The van der Waals surface area contributed by atoms with E-state index < -0.39 is 6.09 Å². The minimum atomic E-state index is -1.11. The fourth-order valence-corrected chi connectivity index (χ4v) is 2.58. The summed E-state index contributed by atoms with van der Waals surface area (Å²) in [6.45, 7) is 0.585. The van der Waals surface area contributed by atoms with Gasteiger partial charge >= 0.3 is 6.09 Å². The maximum absolute atomic E-state index is 11.4. The molecule has 0 amide bonds. The Labute approximate surface area is 136 Å². The van der Waals surface area contributed by atoms with E-state index in [1.807, 2.05) is 30.3 Å². The molecular weight excluding hydrogens is 308 g/mol. The highest BCUT2D eigenvalue weighted by molar-refractivity contribution is 5.96. The van der Waals surface area contributed by atoms with Gasteiger partial charge in [-0.15, -0.1) is 5.10 Å². The van der Waals surface area contributed by atoms with Crippen molar-refractivity contribution in [1.29, 1.82) is 0 Å². The highest BCUT2D eigenvalue weighted by Gasteiger charge is 2.17. The molecule has 0 fully saturated rings. The van der Waals surface area contributed by atoms with Crippen LogP contribution in [0.2, 0.25) is 0 Å². The first kappa shape index (κ1) is 14.1. The van der Waals surface area contributed by atoms with Crippen molar-refractivity contribution in [2.75, 3.05) is 0 Å². The summed E-state index contributed by atoms with van der Waals surface area (Å²) in [6.07, 6.45) is 5.05. The molecule has 0 unspecified atom stereocenters. The standard InChI is InChI=1S/C16H12N6O2/c23-16(24)22-8-13(12-6-17-10-18-15(12)22)14-9-21(20-19-14)7-11-4-2-1-3-5-11/h1-6,8-10H,7H2,(H,23,24). The summed E-state index contributed by atoms with van der Waals surface area (Å²) in [5.41, 5.74) is 2.63. The van der Waals surface area contributed by atoms with Gasteiger partial charge in [-0.25, -0.2) is 24.0 Å². The van der Waals surface area contributed by atoms with Gasteiger partial charge in [0.1, 0.15) is 12.0 Å². The number of nitrogens with zero attached hydrogens (tertiary/aromatic N) is 6. The lowest BCUT2D eigenvalue weighted by Crippen LogP contribution is -2.06. The molecule has 0 atom stereocenters. The van der Waals surface area contributed by atoms with E-state index >= 15 is 0 Å². The van der Waals surface area contributed by atoms with E-state index in [-0.39, 0.29) is 0 Å². The third-order valence-electron chi connectivity index (χ3n) is 3.68. The molecule has 8 nitrogen and oxygen atoms in total. The van der Waals surface area contributed by atoms with Gasteiger partial charge in [0.15, 0.2) is 5.65 Å². The van der Waals surface area contributed by atoms with E-state index in [1.54, 1.807) is 17.1 Å². The Hall–Kier alpha value is -3.55. The molecule has 4 aromatic rings. The first-order valence-corrected chi connectivity index (χ1v) is 7.21. The van der Waals surface area contributed by atoms with Crippen molar-refractivity contribution >= 4 is 17.1 Å². The van der Waals surface area contributed by atoms with Gasteiger partial charge in [0.05, 0.1) is 12.7 Å². The van der Waals surface area contributed by atoms with Crippen LogP contribution in [0.4, 0.5) is 4.79 Å². The summed E-state index contributed by atoms with van der Waals surface area (Å²) < 4.78 is 2.76. The Morgan fingerprint density at radius 3 is 2.79 bits per heavy atom. The van der Waals surface area contributed by atoms with Crippen LogP contribution < -0.4 is 0 Å². The van der Waals surface area contributed by atoms with Gasteiger partial charge in [-0.05, 0) is 5.56 Å². The van der Waals surface area contributed by atoms with Crippen LogP contribution in [0.15, 0.2) is 55.2 Å². The van der Waals surface area contributed by atoms with Crippen LogP contribution in [0.3, 0.4) is 0 Å². The average Bonchev–Trinajstić information content (AvgIpc) is 3.20. The monoisotopic (exact) mass is 320 g/mol. The molecule has 8 heteroatoms. The number of fused-ring (bicyclic) bond motifs is 1. The molecule has 4 rings (SSSR count). The fourth-order valence-electron chi connectivity index (χ4n) is 2.58. The summed E-state index contributed by atoms with van der Waals surface area (Å²) in [6, 6.07) is 9.89. The molecule has 3 aromatic heterocycles. The van der Waals surface area contributed by atoms with E-state index in [1.165, 1.54) is 12.5 Å². The number of benzene rings is 1. The number of carbonyl (C=O) groups is 1.